The van der Waals surface area contributed by atoms with E-state index in [9.17, 15) is 15.0 Å². The van der Waals surface area contributed by atoms with Crippen LogP contribution in [0.1, 0.15) is 74.4 Å². The van der Waals surface area contributed by atoms with Crippen LogP contribution in [-0.4, -0.2) is 51.8 Å². The molecule has 2 aliphatic carbocycles. The summed E-state index contributed by atoms with van der Waals surface area (Å²) in [7, 11) is 0. The second-order valence-electron chi connectivity index (χ2n) is 11.3. The lowest BCUT2D eigenvalue weighted by Gasteiger charge is -2.58. The number of rotatable bonds is 6. The first-order valence-corrected chi connectivity index (χ1v) is 14.0. The number of hydrogen-bond donors (Lipinski definition) is 3. The van der Waals surface area contributed by atoms with E-state index < -0.39 is 11.5 Å². The maximum atomic E-state index is 13.5. The zero-order valence-corrected chi connectivity index (χ0v) is 21.8. The van der Waals surface area contributed by atoms with Crippen molar-refractivity contribution in [3.05, 3.63) is 46.5 Å². The Hall–Kier alpha value is -1.96. The fourth-order valence-corrected chi connectivity index (χ4v) is 8.01. The molecule has 0 radical (unpaired) electrons. The van der Waals surface area contributed by atoms with Gasteiger partial charge in [0.1, 0.15) is 0 Å². The smallest absolute Gasteiger partial charge is 0.223 e. The Morgan fingerprint density at radius 3 is 2.66 bits per heavy atom. The fourth-order valence-electron chi connectivity index (χ4n) is 6.94. The topological polar surface area (TPSA) is 85.7 Å². The molecule has 6 nitrogen and oxygen atoms in total. The number of aromatic nitrogens is 1. The van der Waals surface area contributed by atoms with Crippen molar-refractivity contribution in [1.82, 2.24) is 9.88 Å². The molecule has 1 saturated heterocycles. The van der Waals surface area contributed by atoms with Crippen molar-refractivity contribution < 1.29 is 15.0 Å². The molecule has 1 aliphatic heterocycles. The van der Waals surface area contributed by atoms with Crippen LogP contribution >= 0.6 is 11.3 Å². The van der Waals surface area contributed by atoms with Gasteiger partial charge < -0.3 is 20.4 Å². The molecule has 3 aliphatic rings. The molecule has 1 amide bonds. The summed E-state index contributed by atoms with van der Waals surface area (Å²) in [5.74, 6) is 0.316. The number of anilines is 1. The molecule has 1 saturated carbocycles. The lowest BCUT2D eigenvalue weighted by molar-refractivity contribution is -0.147. The Kier molecular flexibility index (Phi) is 6.94. The third-order valence-corrected chi connectivity index (χ3v) is 10.3. The number of likely N-dealkylation sites (tertiary alicyclic amines) is 1. The van der Waals surface area contributed by atoms with Crippen molar-refractivity contribution in [2.45, 2.75) is 77.4 Å². The highest BCUT2D eigenvalue weighted by molar-refractivity contribution is 7.15. The first-order chi connectivity index (χ1) is 16.8. The van der Waals surface area contributed by atoms with Crippen molar-refractivity contribution in [3.63, 3.8) is 0 Å². The number of fused-ring (bicyclic) bond motifs is 2. The van der Waals surface area contributed by atoms with Crippen LogP contribution in [0.3, 0.4) is 0 Å². The van der Waals surface area contributed by atoms with Gasteiger partial charge in [-0.25, -0.2) is 4.98 Å². The zero-order valence-electron chi connectivity index (χ0n) is 21.0. The summed E-state index contributed by atoms with van der Waals surface area (Å²) in [4.78, 5) is 21.8. The molecule has 35 heavy (non-hydrogen) atoms. The lowest BCUT2D eigenvalue weighted by Crippen LogP contribution is -2.57. The summed E-state index contributed by atoms with van der Waals surface area (Å²) in [6.07, 6.45) is 5.58. The first kappa shape index (κ1) is 24.7. The second-order valence-corrected chi connectivity index (χ2v) is 12.4. The average molecular weight is 498 g/mol. The SMILES string of the molecule is CC1(CO)C(O)CCC2(C)C(CC(=O)N3CCCCC3)c3nc(NCc4ccccc4)sc3CC12. The van der Waals surface area contributed by atoms with Crippen LogP contribution in [0.4, 0.5) is 5.13 Å². The second kappa shape index (κ2) is 9.83. The Morgan fingerprint density at radius 2 is 1.94 bits per heavy atom. The lowest BCUT2D eigenvalue weighted by atomic mass is 9.47. The van der Waals surface area contributed by atoms with E-state index in [1.807, 2.05) is 30.0 Å². The van der Waals surface area contributed by atoms with Gasteiger partial charge in [0.2, 0.25) is 5.91 Å². The minimum atomic E-state index is -0.585. The summed E-state index contributed by atoms with van der Waals surface area (Å²) in [6.45, 7) is 6.68. The summed E-state index contributed by atoms with van der Waals surface area (Å²) in [5, 5.41) is 25.8. The quantitative estimate of drug-likeness (QED) is 0.544. The molecule has 2 fully saturated rings. The summed E-state index contributed by atoms with van der Waals surface area (Å²) < 4.78 is 0. The molecular formula is C28H39N3O3S. The van der Waals surface area contributed by atoms with Gasteiger partial charge in [0.25, 0.3) is 0 Å². The number of thiazole rings is 1. The molecule has 0 bridgehead atoms. The van der Waals surface area contributed by atoms with Gasteiger partial charge in [-0.05, 0) is 55.4 Å². The normalized spacial score (nSPS) is 32.6. The number of amides is 1. The van der Waals surface area contributed by atoms with Gasteiger partial charge in [-0.2, -0.15) is 0 Å². The standard InChI is InChI=1S/C28H39N3O3S/c1-27-12-11-23(33)28(2,18-32)22(27)16-21-25(20(27)15-24(34)31-13-7-4-8-14-31)30-26(35-21)29-17-19-9-5-3-6-10-19/h3,5-6,9-10,20,22-23,32-33H,4,7-8,11-18H2,1-2H3,(H,29,30). The molecule has 3 N–H and O–H groups in total. The van der Waals surface area contributed by atoms with Crippen molar-refractivity contribution in [2.24, 2.45) is 16.7 Å². The van der Waals surface area contributed by atoms with E-state index in [1.54, 1.807) is 11.3 Å². The molecule has 7 heteroatoms. The molecule has 1 aromatic carbocycles. The van der Waals surface area contributed by atoms with Crippen molar-refractivity contribution in [3.8, 4) is 0 Å². The molecule has 190 valence electrons. The van der Waals surface area contributed by atoms with Crippen molar-refractivity contribution in [2.75, 3.05) is 25.0 Å². The van der Waals surface area contributed by atoms with E-state index in [2.05, 4.69) is 24.4 Å². The van der Waals surface area contributed by atoms with Crippen LogP contribution in [0.15, 0.2) is 30.3 Å². The van der Waals surface area contributed by atoms with E-state index in [0.717, 1.165) is 49.6 Å². The molecule has 5 atom stereocenters. The number of aliphatic hydroxyl groups excluding tert-OH is 2. The molecule has 0 spiro atoms. The monoisotopic (exact) mass is 497 g/mol. The van der Waals surface area contributed by atoms with Gasteiger partial charge in [-0.1, -0.05) is 44.2 Å². The maximum absolute atomic E-state index is 13.5. The molecule has 1 aromatic heterocycles. The van der Waals surface area contributed by atoms with Gasteiger partial charge in [0.15, 0.2) is 5.13 Å². The predicted molar refractivity (Wildman–Crippen MR) is 139 cm³/mol. The highest BCUT2D eigenvalue weighted by atomic mass is 32.1. The number of piperidine rings is 1. The van der Waals surface area contributed by atoms with Gasteiger partial charge in [-0.15, -0.1) is 11.3 Å². The Labute approximate surface area is 212 Å². The molecular weight excluding hydrogens is 458 g/mol. The average Bonchev–Trinajstić information content (AvgIpc) is 3.30. The van der Waals surface area contributed by atoms with Gasteiger partial charge in [-0.3, -0.25) is 4.79 Å². The van der Waals surface area contributed by atoms with Crippen LogP contribution in [0.25, 0.3) is 0 Å². The van der Waals surface area contributed by atoms with Crippen LogP contribution < -0.4 is 5.32 Å². The van der Waals surface area contributed by atoms with Crippen molar-refractivity contribution in [1.29, 1.82) is 0 Å². The fraction of sp³-hybridized carbons (Fsp3) is 0.643. The number of hydrogen-bond acceptors (Lipinski definition) is 6. The highest BCUT2D eigenvalue weighted by Crippen LogP contribution is 2.63. The summed E-state index contributed by atoms with van der Waals surface area (Å²) in [5.41, 5.74) is 1.49. The van der Waals surface area contributed by atoms with Crippen LogP contribution in [0.2, 0.25) is 0 Å². The van der Waals surface area contributed by atoms with Crippen LogP contribution in [-0.2, 0) is 17.8 Å². The third-order valence-electron chi connectivity index (χ3n) is 9.27. The third kappa shape index (κ3) is 4.51. The molecule has 2 heterocycles. The maximum Gasteiger partial charge on any atom is 0.223 e. The number of aliphatic hydroxyl groups is 2. The van der Waals surface area contributed by atoms with E-state index in [4.69, 9.17) is 4.98 Å². The van der Waals surface area contributed by atoms with Gasteiger partial charge in [0.05, 0.1) is 18.4 Å². The Morgan fingerprint density at radius 1 is 1.20 bits per heavy atom. The highest BCUT2D eigenvalue weighted by Gasteiger charge is 2.59. The largest absolute Gasteiger partial charge is 0.396 e. The molecule has 2 aromatic rings. The van der Waals surface area contributed by atoms with Crippen molar-refractivity contribution >= 4 is 22.4 Å². The van der Waals surface area contributed by atoms with Gasteiger partial charge in [0, 0.05) is 42.3 Å². The summed E-state index contributed by atoms with van der Waals surface area (Å²) in [6, 6.07) is 10.3. The molecule has 5 rings (SSSR count). The minimum absolute atomic E-state index is 0.00687. The Bertz CT molecular complexity index is 1040. The van der Waals surface area contributed by atoms with Crippen LogP contribution in [0, 0.1) is 16.7 Å². The summed E-state index contributed by atoms with van der Waals surface area (Å²) >= 11 is 1.68. The van der Waals surface area contributed by atoms with Crippen LogP contribution in [0.5, 0.6) is 0 Å². The number of carbonyl (C=O) groups is 1. The Balaban J connectivity index is 1.47. The minimum Gasteiger partial charge on any atom is -0.396 e. The van der Waals surface area contributed by atoms with E-state index in [1.165, 1.54) is 16.9 Å². The van der Waals surface area contributed by atoms with E-state index in [-0.39, 0.29) is 29.8 Å². The van der Waals surface area contributed by atoms with E-state index in [0.29, 0.717) is 19.4 Å². The first-order valence-electron chi connectivity index (χ1n) is 13.2. The van der Waals surface area contributed by atoms with E-state index >= 15 is 0 Å². The molecule has 5 unspecified atom stereocenters. The number of nitrogens with zero attached hydrogens (tertiary/aromatic N) is 2. The number of nitrogens with one attached hydrogen (secondary N) is 1. The number of benzene rings is 1. The zero-order chi connectivity index (χ0) is 24.6. The van der Waals surface area contributed by atoms with Gasteiger partial charge >= 0.3 is 0 Å². The number of carbonyl (C=O) groups excluding carboxylic acids is 1. The predicted octanol–water partition coefficient (Wildman–Crippen LogP) is 4.57.